The van der Waals surface area contributed by atoms with Gasteiger partial charge >= 0.3 is 0 Å². The van der Waals surface area contributed by atoms with Gasteiger partial charge in [-0.25, -0.2) is 0 Å². The number of rotatable bonds is 3. The SMILES string of the molecule is CC(C)(C)C(=O)[C@@H](Cl)C(=O)Nc1ccccc1. The molecule has 17 heavy (non-hydrogen) atoms. The molecule has 1 aromatic rings. The topological polar surface area (TPSA) is 46.2 Å². The Balaban J connectivity index is 2.69. The second-order valence-electron chi connectivity index (χ2n) is 4.83. The molecule has 0 fully saturated rings. The molecule has 0 saturated carbocycles. The van der Waals surface area contributed by atoms with E-state index in [-0.39, 0.29) is 5.78 Å². The number of Topliss-reactive ketones (excluding diaryl/α,β-unsaturated/α-hetero) is 1. The number of benzene rings is 1. The van der Waals surface area contributed by atoms with E-state index in [4.69, 9.17) is 11.6 Å². The molecule has 92 valence electrons. The first kappa shape index (κ1) is 13.7. The van der Waals surface area contributed by atoms with Crippen LogP contribution in [0.4, 0.5) is 5.69 Å². The van der Waals surface area contributed by atoms with E-state index in [1.807, 2.05) is 6.07 Å². The summed E-state index contributed by atoms with van der Waals surface area (Å²) in [7, 11) is 0. The number of carbonyl (C=O) groups excluding carboxylic acids is 2. The summed E-state index contributed by atoms with van der Waals surface area (Å²) in [6.07, 6.45) is 0. The minimum atomic E-state index is -1.16. The molecule has 0 saturated heterocycles. The lowest BCUT2D eigenvalue weighted by Gasteiger charge is -2.19. The average molecular weight is 254 g/mol. The van der Waals surface area contributed by atoms with Crippen LogP contribution in [0.1, 0.15) is 20.8 Å². The molecule has 0 aromatic heterocycles. The molecule has 0 aliphatic carbocycles. The molecule has 0 aliphatic heterocycles. The summed E-state index contributed by atoms with van der Waals surface area (Å²) in [6.45, 7) is 5.21. The smallest absolute Gasteiger partial charge is 0.250 e. The number of amides is 1. The normalized spacial score (nSPS) is 12.9. The van der Waals surface area contributed by atoms with Crippen LogP contribution >= 0.6 is 11.6 Å². The van der Waals surface area contributed by atoms with E-state index in [0.717, 1.165) is 0 Å². The van der Waals surface area contributed by atoms with Gasteiger partial charge in [-0.1, -0.05) is 39.0 Å². The van der Waals surface area contributed by atoms with Crippen molar-refractivity contribution in [3.05, 3.63) is 30.3 Å². The van der Waals surface area contributed by atoms with Gasteiger partial charge in [0.1, 0.15) is 0 Å². The first-order chi connectivity index (χ1) is 7.82. The van der Waals surface area contributed by atoms with E-state index in [9.17, 15) is 9.59 Å². The second kappa shape index (κ2) is 5.32. The van der Waals surface area contributed by atoms with Gasteiger partial charge in [0.25, 0.3) is 0 Å². The highest BCUT2D eigenvalue weighted by Gasteiger charge is 2.32. The standard InChI is InChI=1S/C13H16ClNO2/c1-13(2,3)11(16)10(14)12(17)15-9-7-5-4-6-8-9/h4-8,10H,1-3H3,(H,15,17)/t10-/m1/s1. The molecule has 1 N–H and O–H groups in total. The molecule has 4 heteroatoms. The summed E-state index contributed by atoms with van der Waals surface area (Å²) in [5.41, 5.74) is 0.00494. The van der Waals surface area contributed by atoms with Crippen LogP contribution in [0.25, 0.3) is 0 Å². The maximum atomic E-state index is 11.8. The van der Waals surface area contributed by atoms with Gasteiger partial charge in [-0.15, -0.1) is 11.6 Å². The van der Waals surface area contributed by atoms with Crippen molar-refractivity contribution in [3.8, 4) is 0 Å². The van der Waals surface area contributed by atoms with Gasteiger partial charge in [0.05, 0.1) is 0 Å². The van der Waals surface area contributed by atoms with Crippen LogP contribution in [0.15, 0.2) is 30.3 Å². The van der Waals surface area contributed by atoms with E-state index >= 15 is 0 Å². The quantitative estimate of drug-likeness (QED) is 0.665. The van der Waals surface area contributed by atoms with Gasteiger partial charge < -0.3 is 5.32 Å². The Morgan fingerprint density at radius 2 is 1.71 bits per heavy atom. The molecule has 1 amide bonds. The molecule has 1 aromatic carbocycles. The van der Waals surface area contributed by atoms with E-state index < -0.39 is 16.7 Å². The first-order valence-corrected chi connectivity index (χ1v) is 5.80. The van der Waals surface area contributed by atoms with Crippen LogP contribution in [0, 0.1) is 5.41 Å². The van der Waals surface area contributed by atoms with Gasteiger partial charge in [-0.3, -0.25) is 9.59 Å². The minimum Gasteiger partial charge on any atom is -0.324 e. The monoisotopic (exact) mass is 253 g/mol. The lowest BCUT2D eigenvalue weighted by Crippen LogP contribution is -2.37. The lowest BCUT2D eigenvalue weighted by atomic mass is 9.88. The molecule has 1 rings (SSSR count). The fourth-order valence-electron chi connectivity index (χ4n) is 1.23. The summed E-state index contributed by atoms with van der Waals surface area (Å²) in [6, 6.07) is 8.91. The zero-order chi connectivity index (χ0) is 13.1. The highest BCUT2D eigenvalue weighted by Crippen LogP contribution is 2.20. The van der Waals surface area contributed by atoms with E-state index in [1.54, 1.807) is 45.0 Å². The van der Waals surface area contributed by atoms with Crippen molar-refractivity contribution >= 4 is 29.0 Å². The number of alkyl halides is 1. The molecule has 0 aliphatic rings. The Labute approximate surface area is 106 Å². The van der Waals surface area contributed by atoms with Gasteiger partial charge in [0.2, 0.25) is 5.91 Å². The Hall–Kier alpha value is -1.35. The van der Waals surface area contributed by atoms with Crippen LogP contribution in [-0.4, -0.2) is 17.1 Å². The fourth-order valence-corrected chi connectivity index (χ4v) is 1.61. The Bertz CT molecular complexity index is 409. The molecular weight excluding hydrogens is 238 g/mol. The predicted octanol–water partition coefficient (Wildman–Crippen LogP) is 2.85. The number of para-hydroxylation sites is 1. The minimum absolute atomic E-state index is 0.285. The predicted molar refractivity (Wildman–Crippen MR) is 69.2 cm³/mol. The summed E-state index contributed by atoms with van der Waals surface area (Å²) in [5, 5.41) is 1.45. The number of carbonyl (C=O) groups is 2. The zero-order valence-electron chi connectivity index (χ0n) is 10.2. The van der Waals surface area contributed by atoms with Crippen LogP contribution in [0.3, 0.4) is 0 Å². The van der Waals surface area contributed by atoms with Crippen molar-refractivity contribution in [1.82, 2.24) is 0 Å². The second-order valence-corrected chi connectivity index (χ2v) is 5.27. The van der Waals surface area contributed by atoms with Crippen molar-refractivity contribution in [1.29, 1.82) is 0 Å². The number of anilines is 1. The maximum absolute atomic E-state index is 11.8. The third-order valence-electron chi connectivity index (χ3n) is 2.24. The number of nitrogens with one attached hydrogen (secondary N) is 1. The first-order valence-electron chi connectivity index (χ1n) is 5.36. The highest BCUT2D eigenvalue weighted by atomic mass is 35.5. The third kappa shape index (κ3) is 3.86. The van der Waals surface area contributed by atoms with Crippen LogP contribution in [0.5, 0.6) is 0 Å². The number of hydrogen-bond acceptors (Lipinski definition) is 2. The molecule has 0 unspecified atom stereocenters. The lowest BCUT2D eigenvalue weighted by molar-refractivity contribution is -0.130. The molecule has 0 bridgehead atoms. The highest BCUT2D eigenvalue weighted by molar-refractivity contribution is 6.43. The van der Waals surface area contributed by atoms with Crippen molar-refractivity contribution < 1.29 is 9.59 Å². The molecule has 3 nitrogen and oxygen atoms in total. The number of hydrogen-bond donors (Lipinski definition) is 1. The molecule has 0 radical (unpaired) electrons. The maximum Gasteiger partial charge on any atom is 0.250 e. The van der Waals surface area contributed by atoms with Crippen LogP contribution in [-0.2, 0) is 9.59 Å². The van der Waals surface area contributed by atoms with Crippen molar-refractivity contribution in [3.63, 3.8) is 0 Å². The van der Waals surface area contributed by atoms with Gasteiger partial charge in [-0.05, 0) is 12.1 Å². The summed E-state index contributed by atoms with van der Waals surface area (Å²) >= 11 is 5.85. The molecule has 1 atom stereocenters. The van der Waals surface area contributed by atoms with Crippen molar-refractivity contribution in [2.75, 3.05) is 5.32 Å². The third-order valence-corrected chi connectivity index (χ3v) is 2.64. The summed E-state index contributed by atoms with van der Waals surface area (Å²) in [5.74, 6) is -0.773. The molecular formula is C13H16ClNO2. The number of ketones is 1. The summed E-state index contributed by atoms with van der Waals surface area (Å²) in [4.78, 5) is 23.5. The Morgan fingerprint density at radius 1 is 1.18 bits per heavy atom. The zero-order valence-corrected chi connectivity index (χ0v) is 10.9. The van der Waals surface area contributed by atoms with Crippen molar-refractivity contribution in [2.45, 2.75) is 26.1 Å². The van der Waals surface area contributed by atoms with Crippen molar-refractivity contribution in [2.24, 2.45) is 5.41 Å². The van der Waals surface area contributed by atoms with Crippen LogP contribution in [0.2, 0.25) is 0 Å². The average Bonchev–Trinajstić information content (AvgIpc) is 2.27. The van der Waals surface area contributed by atoms with E-state index in [1.165, 1.54) is 0 Å². The van der Waals surface area contributed by atoms with Crippen LogP contribution < -0.4 is 5.32 Å². The van der Waals surface area contributed by atoms with E-state index in [2.05, 4.69) is 5.32 Å². The molecule has 0 heterocycles. The fraction of sp³-hybridized carbons (Fsp3) is 0.385. The van der Waals surface area contributed by atoms with Gasteiger partial charge in [0, 0.05) is 11.1 Å². The number of halogens is 1. The Kier molecular flexibility index (Phi) is 4.29. The largest absolute Gasteiger partial charge is 0.324 e. The van der Waals surface area contributed by atoms with E-state index in [0.29, 0.717) is 5.69 Å². The Morgan fingerprint density at radius 3 is 2.18 bits per heavy atom. The van der Waals surface area contributed by atoms with Gasteiger partial charge in [0.15, 0.2) is 11.2 Å². The molecule has 0 spiro atoms. The summed E-state index contributed by atoms with van der Waals surface area (Å²) < 4.78 is 0. The van der Waals surface area contributed by atoms with Gasteiger partial charge in [-0.2, -0.15) is 0 Å².